The number of carbonyl (C=O) groups excluding carboxylic acids is 1. The van der Waals surface area contributed by atoms with Crippen molar-refractivity contribution in [2.75, 3.05) is 42.0 Å². The van der Waals surface area contributed by atoms with Crippen LogP contribution >= 0.6 is 15.9 Å². The number of primary amides is 1. The molecule has 0 unspecified atom stereocenters. The molecule has 0 aromatic heterocycles. The number of amides is 1. The molecule has 0 aliphatic heterocycles. The number of nitrogens with two attached hydrogens (primary N) is 2. The Kier molecular flexibility index (Phi) is 7.71. The number of rotatable bonds is 9. The maximum absolute atomic E-state index is 11.4. The van der Waals surface area contributed by atoms with Gasteiger partial charge in [-0.3, -0.25) is 15.1 Å². The lowest BCUT2D eigenvalue weighted by molar-refractivity contribution is 0.100. The largest absolute Gasteiger partial charge is 0.396 e. The fraction of sp³-hybridized carbons (Fsp3) is 0.250. The van der Waals surface area contributed by atoms with Gasteiger partial charge in [0.1, 0.15) is 0 Å². The van der Waals surface area contributed by atoms with Gasteiger partial charge in [0.2, 0.25) is 5.91 Å². The van der Waals surface area contributed by atoms with Crippen molar-refractivity contribution in [3.63, 3.8) is 0 Å². The van der Waals surface area contributed by atoms with Gasteiger partial charge < -0.3 is 22.1 Å². The molecule has 0 fully saturated rings. The van der Waals surface area contributed by atoms with E-state index in [9.17, 15) is 4.79 Å². The van der Waals surface area contributed by atoms with Gasteiger partial charge in [0, 0.05) is 23.1 Å². The summed E-state index contributed by atoms with van der Waals surface area (Å²) < 4.78 is 0.870. The smallest absolute Gasteiger partial charge is 0.248 e. The third-order valence-electron chi connectivity index (χ3n) is 4.39. The van der Waals surface area contributed by atoms with Gasteiger partial charge in [-0.1, -0.05) is 17.2 Å². The van der Waals surface area contributed by atoms with E-state index in [2.05, 4.69) is 45.9 Å². The van der Waals surface area contributed by atoms with E-state index < -0.39 is 5.91 Å². The van der Waals surface area contributed by atoms with E-state index >= 15 is 0 Å². The first-order chi connectivity index (χ1) is 13.3. The highest BCUT2D eigenvalue weighted by Gasteiger charge is 2.08. The van der Waals surface area contributed by atoms with Crippen LogP contribution in [0.2, 0.25) is 0 Å². The summed E-state index contributed by atoms with van der Waals surface area (Å²) in [7, 11) is 1.51. The second-order valence-electron chi connectivity index (χ2n) is 6.40. The minimum atomic E-state index is -0.490. The number of hydrogen-bond donors (Lipinski definition) is 5. The van der Waals surface area contributed by atoms with Crippen LogP contribution in [0.5, 0.6) is 0 Å². The molecule has 7 nitrogen and oxygen atoms in total. The Morgan fingerprint density at radius 1 is 1.04 bits per heavy atom. The Hall–Kier alpha value is -2.71. The predicted octanol–water partition coefficient (Wildman–Crippen LogP) is 3.96. The van der Waals surface area contributed by atoms with Crippen LogP contribution in [0.4, 0.5) is 22.7 Å². The molecular weight excluding hydrogens is 422 g/mol. The predicted molar refractivity (Wildman–Crippen MR) is 119 cm³/mol. The van der Waals surface area contributed by atoms with Gasteiger partial charge in [-0.05, 0) is 60.1 Å². The Morgan fingerprint density at radius 3 is 2.29 bits per heavy atom. The van der Waals surface area contributed by atoms with Gasteiger partial charge >= 0.3 is 0 Å². The summed E-state index contributed by atoms with van der Waals surface area (Å²) >= 11 is 3.43. The zero-order valence-corrected chi connectivity index (χ0v) is 17.8. The average Bonchev–Trinajstić information content (AvgIpc) is 2.67. The molecule has 8 heteroatoms. The molecule has 0 bridgehead atoms. The zero-order valence-electron chi connectivity index (χ0n) is 16.2. The first-order valence-corrected chi connectivity index (χ1v) is 9.52. The Balaban J connectivity index is 2.04. The minimum Gasteiger partial charge on any atom is -0.396 e. The van der Waals surface area contributed by atoms with E-state index in [1.165, 1.54) is 18.3 Å². The van der Waals surface area contributed by atoms with Crippen molar-refractivity contribution in [2.45, 2.75) is 13.8 Å². The zero-order chi connectivity index (χ0) is 20.7. The van der Waals surface area contributed by atoms with Crippen LogP contribution in [0.15, 0.2) is 52.0 Å². The van der Waals surface area contributed by atoms with E-state index in [1.54, 1.807) is 18.2 Å². The van der Waals surface area contributed by atoms with Crippen LogP contribution in [0, 0.1) is 0 Å². The molecule has 0 radical (unpaired) electrons. The van der Waals surface area contributed by atoms with Gasteiger partial charge in [0.15, 0.2) is 0 Å². The first kappa shape index (κ1) is 21.6. The summed E-state index contributed by atoms with van der Waals surface area (Å²) in [5, 5.41) is 6.71. The third kappa shape index (κ3) is 5.64. The van der Waals surface area contributed by atoms with Gasteiger partial charge in [0.05, 0.1) is 29.9 Å². The normalized spacial score (nSPS) is 11.6. The highest BCUT2D eigenvalue weighted by molar-refractivity contribution is 9.10. The summed E-state index contributed by atoms with van der Waals surface area (Å²) in [5.74, 6) is -0.490. The van der Waals surface area contributed by atoms with Crippen molar-refractivity contribution in [1.82, 2.24) is 0 Å². The number of hydrogen-bond acceptors (Lipinski definition) is 6. The van der Waals surface area contributed by atoms with Crippen molar-refractivity contribution >= 4 is 44.6 Å². The molecule has 2 rings (SSSR count). The molecule has 28 heavy (non-hydrogen) atoms. The molecular formula is C20H26BrN5O2. The lowest BCUT2D eigenvalue weighted by Gasteiger charge is -2.16. The van der Waals surface area contributed by atoms with E-state index in [4.69, 9.17) is 16.3 Å². The number of halogens is 1. The van der Waals surface area contributed by atoms with Crippen molar-refractivity contribution in [3.8, 4) is 0 Å². The van der Waals surface area contributed by atoms with Crippen LogP contribution < -0.4 is 27.6 Å². The summed E-state index contributed by atoms with van der Waals surface area (Å²) in [5.41, 5.74) is 20.0. The van der Waals surface area contributed by atoms with E-state index in [0.29, 0.717) is 30.0 Å². The maximum Gasteiger partial charge on any atom is 0.248 e. The van der Waals surface area contributed by atoms with E-state index in [-0.39, 0.29) is 0 Å². The second-order valence-corrected chi connectivity index (χ2v) is 7.25. The fourth-order valence-electron chi connectivity index (χ4n) is 2.49. The van der Waals surface area contributed by atoms with Crippen LogP contribution in [-0.4, -0.2) is 26.1 Å². The summed E-state index contributed by atoms with van der Waals surface area (Å²) in [6, 6.07) is 10.9. The third-order valence-corrected chi connectivity index (χ3v) is 5.08. The number of benzene rings is 2. The number of nitrogens with one attached hydrogen (secondary N) is 3. The molecule has 2 aromatic carbocycles. The molecule has 0 aliphatic rings. The molecule has 0 saturated carbocycles. The highest BCUT2D eigenvalue weighted by Crippen LogP contribution is 2.27. The average molecular weight is 448 g/mol. The molecule has 0 aliphatic carbocycles. The maximum atomic E-state index is 11.4. The van der Waals surface area contributed by atoms with Crippen molar-refractivity contribution in [2.24, 2.45) is 5.73 Å². The second kappa shape index (κ2) is 10.0. The van der Waals surface area contributed by atoms with Crippen LogP contribution in [0.3, 0.4) is 0 Å². The molecule has 7 N–H and O–H groups in total. The Labute approximate surface area is 173 Å². The van der Waals surface area contributed by atoms with Crippen molar-refractivity contribution in [1.29, 1.82) is 0 Å². The van der Waals surface area contributed by atoms with E-state index in [0.717, 1.165) is 15.8 Å². The number of para-hydroxylation sites is 1. The topological polar surface area (TPSA) is 114 Å². The Bertz CT molecular complexity index is 883. The minimum absolute atomic E-state index is 0.407. The number of carbonyl (C=O) groups is 1. The molecule has 1 amide bonds. The monoisotopic (exact) mass is 447 g/mol. The summed E-state index contributed by atoms with van der Waals surface area (Å²) in [6.07, 6.45) is 0. The molecule has 150 valence electrons. The molecule has 0 atom stereocenters. The van der Waals surface area contributed by atoms with Crippen molar-refractivity contribution < 1.29 is 9.63 Å². The number of anilines is 4. The first-order valence-electron chi connectivity index (χ1n) is 8.73. The standard InChI is InChI=1S/C20H26BrN5O2/c1-12(13(2)11-25-17-6-4-5-15(21)19(17)22)10-24-16-8-7-14(20(23)27)9-18(16)26-28-3/h4-9,24-26H,10-11,22H2,1-3H3,(H2,23,27)/b13-12+. The van der Waals surface area contributed by atoms with Crippen LogP contribution in [0.25, 0.3) is 0 Å². The lowest BCUT2D eigenvalue weighted by Crippen LogP contribution is -2.14. The van der Waals surface area contributed by atoms with E-state index in [1.807, 2.05) is 18.2 Å². The molecule has 0 saturated heterocycles. The Morgan fingerprint density at radius 2 is 1.68 bits per heavy atom. The molecule has 0 heterocycles. The molecule has 0 spiro atoms. The van der Waals surface area contributed by atoms with Crippen molar-refractivity contribution in [3.05, 3.63) is 57.6 Å². The van der Waals surface area contributed by atoms with Crippen LogP contribution in [0.1, 0.15) is 24.2 Å². The lowest BCUT2D eigenvalue weighted by atomic mass is 10.1. The summed E-state index contributed by atoms with van der Waals surface area (Å²) in [4.78, 5) is 16.4. The SMILES string of the molecule is CONc1cc(C(N)=O)ccc1NC/C(C)=C(\C)CNc1cccc(Br)c1N. The van der Waals surface area contributed by atoms with Gasteiger partial charge in [-0.2, -0.15) is 0 Å². The highest BCUT2D eigenvalue weighted by atomic mass is 79.9. The summed E-state index contributed by atoms with van der Waals surface area (Å²) in [6.45, 7) is 5.45. The molecule has 2 aromatic rings. The van der Waals surface area contributed by atoms with Gasteiger partial charge in [0.25, 0.3) is 0 Å². The quantitative estimate of drug-likeness (QED) is 0.225. The van der Waals surface area contributed by atoms with Gasteiger partial charge in [-0.15, -0.1) is 0 Å². The number of nitrogen functional groups attached to an aromatic ring is 1. The van der Waals surface area contributed by atoms with Gasteiger partial charge in [-0.25, -0.2) is 0 Å². The fourth-order valence-corrected chi connectivity index (χ4v) is 2.86. The van der Waals surface area contributed by atoms with Crippen LogP contribution in [-0.2, 0) is 4.84 Å².